The van der Waals surface area contributed by atoms with Gasteiger partial charge in [-0.3, -0.25) is 19.0 Å². The van der Waals surface area contributed by atoms with Crippen molar-refractivity contribution >= 4 is 51.0 Å². The maximum Gasteiger partial charge on any atom is 0.282 e. The van der Waals surface area contributed by atoms with Crippen molar-refractivity contribution in [2.75, 3.05) is 18.5 Å². The van der Waals surface area contributed by atoms with Gasteiger partial charge in [0.1, 0.15) is 17.2 Å². The van der Waals surface area contributed by atoms with Crippen molar-refractivity contribution in [3.05, 3.63) is 55.8 Å². The first kappa shape index (κ1) is 20.3. The number of furan rings is 1. The Kier molecular flexibility index (Phi) is 6.31. The van der Waals surface area contributed by atoms with Gasteiger partial charge in [-0.2, -0.15) is 0 Å². The van der Waals surface area contributed by atoms with E-state index >= 15 is 0 Å². The molecule has 28 heavy (non-hydrogen) atoms. The molecule has 10 heteroatoms. The second-order valence-electron chi connectivity index (χ2n) is 5.86. The highest BCUT2D eigenvalue weighted by Crippen LogP contribution is 2.28. The van der Waals surface area contributed by atoms with Crippen LogP contribution in [0.4, 0.5) is 15.9 Å². The van der Waals surface area contributed by atoms with Crippen molar-refractivity contribution in [2.24, 2.45) is 7.05 Å². The van der Waals surface area contributed by atoms with Crippen molar-refractivity contribution in [3.8, 4) is 0 Å². The van der Waals surface area contributed by atoms with Gasteiger partial charge < -0.3 is 14.8 Å². The minimum absolute atomic E-state index is 0.0101. The normalized spacial score (nSPS) is 11.0. The molecule has 3 rings (SSSR count). The molecule has 0 atom stereocenters. The van der Waals surface area contributed by atoms with Gasteiger partial charge in [-0.25, -0.2) is 9.87 Å². The number of hydroxylamine groups is 1. The molecule has 3 N–H and O–H groups in total. The highest BCUT2D eigenvalue weighted by Gasteiger charge is 2.24. The number of halogens is 2. The average molecular weight is 501 g/mol. The van der Waals surface area contributed by atoms with E-state index in [0.29, 0.717) is 9.99 Å². The van der Waals surface area contributed by atoms with E-state index in [4.69, 9.17) is 14.4 Å². The predicted octanol–water partition coefficient (Wildman–Crippen LogP) is 2.66. The molecular weight excluding hydrogens is 484 g/mol. The second-order valence-corrected chi connectivity index (χ2v) is 7.10. The fourth-order valence-electron chi connectivity index (χ4n) is 2.61. The van der Waals surface area contributed by atoms with Gasteiger partial charge in [0.2, 0.25) is 0 Å². The molecule has 8 nitrogen and oxygen atoms in total. The predicted molar refractivity (Wildman–Crippen MR) is 109 cm³/mol. The van der Waals surface area contributed by atoms with Crippen molar-refractivity contribution in [1.29, 1.82) is 0 Å². The Morgan fingerprint density at radius 3 is 2.89 bits per heavy atom. The minimum atomic E-state index is -0.679. The lowest BCUT2D eigenvalue weighted by Crippen LogP contribution is -2.29. The van der Waals surface area contributed by atoms with Gasteiger partial charge in [0.05, 0.1) is 23.9 Å². The molecular formula is C18H17FIN3O5. The molecule has 1 aromatic carbocycles. The third-order valence-corrected chi connectivity index (χ3v) is 4.65. The SMILES string of the molecule is Cn1c(Nc2ccc(I)cc2F)c(C(=O)NOCCCO)c2occc2c1=O. The smallest absolute Gasteiger partial charge is 0.282 e. The van der Waals surface area contributed by atoms with Crippen molar-refractivity contribution in [2.45, 2.75) is 6.42 Å². The van der Waals surface area contributed by atoms with Crippen molar-refractivity contribution in [3.63, 3.8) is 0 Å². The molecule has 0 bridgehead atoms. The molecule has 0 aliphatic rings. The maximum absolute atomic E-state index is 14.3. The number of aliphatic hydroxyl groups is 1. The molecule has 0 unspecified atom stereocenters. The number of anilines is 2. The van der Waals surface area contributed by atoms with Gasteiger partial charge in [-0.15, -0.1) is 0 Å². The Balaban J connectivity index is 2.08. The van der Waals surface area contributed by atoms with Crippen LogP contribution < -0.4 is 16.4 Å². The van der Waals surface area contributed by atoms with Crippen LogP contribution in [-0.4, -0.2) is 28.8 Å². The molecule has 148 valence electrons. The summed E-state index contributed by atoms with van der Waals surface area (Å²) in [6.07, 6.45) is 1.63. The number of nitrogens with one attached hydrogen (secondary N) is 2. The summed E-state index contributed by atoms with van der Waals surface area (Å²) < 4.78 is 21.6. The zero-order valence-corrected chi connectivity index (χ0v) is 16.9. The van der Waals surface area contributed by atoms with Crippen LogP contribution in [0.25, 0.3) is 11.0 Å². The Morgan fingerprint density at radius 1 is 1.39 bits per heavy atom. The van der Waals surface area contributed by atoms with Crippen LogP contribution in [-0.2, 0) is 11.9 Å². The zero-order chi connectivity index (χ0) is 20.3. The van der Waals surface area contributed by atoms with E-state index in [2.05, 4.69) is 10.8 Å². The third-order valence-electron chi connectivity index (χ3n) is 3.98. The van der Waals surface area contributed by atoms with Gasteiger partial charge >= 0.3 is 0 Å². The number of hydrogen-bond acceptors (Lipinski definition) is 6. The molecule has 0 spiro atoms. The van der Waals surface area contributed by atoms with Crippen LogP contribution in [0.3, 0.4) is 0 Å². The number of nitrogens with zero attached hydrogens (tertiary/aromatic N) is 1. The number of aliphatic hydroxyl groups excluding tert-OH is 1. The van der Waals surface area contributed by atoms with E-state index in [9.17, 15) is 14.0 Å². The summed E-state index contributed by atoms with van der Waals surface area (Å²) in [7, 11) is 1.46. The van der Waals surface area contributed by atoms with Crippen LogP contribution in [0.2, 0.25) is 0 Å². The van der Waals surface area contributed by atoms with Gasteiger partial charge in [0.25, 0.3) is 11.5 Å². The van der Waals surface area contributed by atoms with E-state index in [1.54, 1.807) is 6.07 Å². The summed E-state index contributed by atoms with van der Waals surface area (Å²) in [5.41, 5.74) is 1.98. The second kappa shape index (κ2) is 8.71. The topological polar surface area (TPSA) is 106 Å². The van der Waals surface area contributed by atoms with Gasteiger partial charge in [-0.05, 0) is 53.3 Å². The van der Waals surface area contributed by atoms with E-state index in [-0.39, 0.29) is 41.3 Å². The first-order valence-corrected chi connectivity index (χ1v) is 9.37. The molecule has 3 aromatic rings. The number of pyridine rings is 1. The highest BCUT2D eigenvalue weighted by molar-refractivity contribution is 14.1. The fourth-order valence-corrected chi connectivity index (χ4v) is 3.06. The third kappa shape index (κ3) is 4.03. The van der Waals surface area contributed by atoms with Crippen LogP contribution in [0.5, 0.6) is 0 Å². The summed E-state index contributed by atoms with van der Waals surface area (Å²) in [6.45, 7) is 0.0147. The standard InChI is InChI=1S/C18H17FIN3O5/c1-23-16(21-13-4-3-10(20)9-12(13)19)14(17(25)22-28-7-2-6-24)15-11(18(23)26)5-8-27-15/h3-5,8-9,21,24H,2,6-7H2,1H3,(H,22,25). The van der Waals surface area contributed by atoms with Gasteiger partial charge in [0, 0.05) is 17.2 Å². The number of benzene rings is 1. The Morgan fingerprint density at radius 2 is 2.18 bits per heavy atom. The number of fused-ring (bicyclic) bond motifs is 1. The lowest BCUT2D eigenvalue weighted by Gasteiger charge is -2.16. The summed E-state index contributed by atoms with van der Waals surface area (Å²) in [4.78, 5) is 30.4. The average Bonchev–Trinajstić information content (AvgIpc) is 3.14. The molecule has 0 radical (unpaired) electrons. The van der Waals surface area contributed by atoms with Crippen molar-refractivity contribution in [1.82, 2.24) is 10.0 Å². The summed E-state index contributed by atoms with van der Waals surface area (Å²) in [5, 5.41) is 11.8. The molecule has 0 aliphatic carbocycles. The lowest BCUT2D eigenvalue weighted by atomic mass is 10.1. The monoisotopic (exact) mass is 501 g/mol. The molecule has 0 saturated heterocycles. The maximum atomic E-state index is 14.3. The molecule has 2 heterocycles. The zero-order valence-electron chi connectivity index (χ0n) is 14.8. The number of amides is 1. The van der Waals surface area contributed by atoms with Gasteiger partial charge in [-0.1, -0.05) is 0 Å². The van der Waals surface area contributed by atoms with E-state index < -0.39 is 17.3 Å². The quantitative estimate of drug-likeness (QED) is 0.261. The summed E-state index contributed by atoms with van der Waals surface area (Å²) in [5.74, 6) is -1.16. The Hall–Kier alpha value is -2.44. The van der Waals surface area contributed by atoms with E-state index in [1.165, 1.54) is 36.1 Å². The van der Waals surface area contributed by atoms with Crippen LogP contribution in [0, 0.1) is 9.39 Å². The number of rotatable bonds is 7. The Bertz CT molecular complexity index is 1080. The van der Waals surface area contributed by atoms with E-state index in [0.717, 1.165) is 0 Å². The fraction of sp³-hybridized carbons (Fsp3) is 0.222. The number of aromatic nitrogens is 1. The largest absolute Gasteiger partial charge is 0.463 e. The summed E-state index contributed by atoms with van der Waals surface area (Å²) >= 11 is 1.98. The molecule has 0 fully saturated rings. The number of carbonyl (C=O) groups excluding carboxylic acids is 1. The molecule has 2 aromatic heterocycles. The molecule has 0 saturated carbocycles. The van der Waals surface area contributed by atoms with Crippen LogP contribution in [0.1, 0.15) is 16.8 Å². The number of hydrogen-bond donors (Lipinski definition) is 3. The first-order valence-electron chi connectivity index (χ1n) is 8.29. The van der Waals surface area contributed by atoms with E-state index in [1.807, 2.05) is 22.6 Å². The Labute approximate surface area is 172 Å². The summed E-state index contributed by atoms with van der Waals surface area (Å²) in [6, 6.07) is 5.97. The van der Waals surface area contributed by atoms with Crippen LogP contribution >= 0.6 is 22.6 Å². The minimum Gasteiger partial charge on any atom is -0.463 e. The van der Waals surface area contributed by atoms with Crippen molar-refractivity contribution < 1.29 is 23.5 Å². The highest BCUT2D eigenvalue weighted by atomic mass is 127. The number of carbonyl (C=O) groups is 1. The first-order chi connectivity index (χ1) is 13.4. The lowest BCUT2D eigenvalue weighted by molar-refractivity contribution is 0.0262. The van der Waals surface area contributed by atoms with Crippen LogP contribution in [0.15, 0.2) is 39.7 Å². The molecule has 1 amide bonds. The van der Waals surface area contributed by atoms with Gasteiger partial charge in [0.15, 0.2) is 5.58 Å². The molecule has 0 aliphatic heterocycles.